The van der Waals surface area contributed by atoms with Gasteiger partial charge in [0.25, 0.3) is 0 Å². The topological polar surface area (TPSA) is 116 Å². The second-order valence-electron chi connectivity index (χ2n) is 6.85. The maximum absolute atomic E-state index is 12.4. The molecule has 1 aromatic carbocycles. The second kappa shape index (κ2) is 7.60. The molecule has 0 bridgehead atoms. The molecule has 2 atom stereocenters. The first-order valence-electron chi connectivity index (χ1n) is 9.10. The van der Waals surface area contributed by atoms with Gasteiger partial charge in [-0.25, -0.2) is 0 Å². The van der Waals surface area contributed by atoms with E-state index in [0.29, 0.717) is 11.7 Å². The summed E-state index contributed by atoms with van der Waals surface area (Å²) in [6.45, 7) is 2.23. The van der Waals surface area contributed by atoms with Crippen molar-refractivity contribution in [2.75, 3.05) is 0 Å². The fourth-order valence-electron chi connectivity index (χ4n) is 3.46. The van der Waals surface area contributed by atoms with Crippen LogP contribution in [-0.2, 0) is 11.3 Å². The Morgan fingerprint density at radius 1 is 1.22 bits per heavy atom. The van der Waals surface area contributed by atoms with Crippen molar-refractivity contribution in [1.29, 1.82) is 0 Å². The number of amides is 1. The van der Waals surface area contributed by atoms with Crippen molar-refractivity contribution in [2.24, 2.45) is 5.92 Å². The Bertz CT molecular complexity index is 905. The van der Waals surface area contributed by atoms with Gasteiger partial charge in [0.2, 0.25) is 11.7 Å². The van der Waals surface area contributed by atoms with E-state index in [-0.39, 0.29) is 18.5 Å². The number of hydrogen-bond donors (Lipinski definition) is 1. The van der Waals surface area contributed by atoms with Gasteiger partial charge in [-0.05, 0) is 46.5 Å². The monoisotopic (exact) mass is 367 g/mol. The van der Waals surface area contributed by atoms with Crippen molar-refractivity contribution in [3.05, 3.63) is 30.6 Å². The number of hydrogen-bond acceptors (Lipinski definition) is 7. The predicted molar refractivity (Wildman–Crippen MR) is 95.5 cm³/mol. The maximum Gasteiger partial charge on any atom is 0.243 e. The van der Waals surface area contributed by atoms with Crippen LogP contribution in [0.15, 0.2) is 30.6 Å². The molecule has 10 heteroatoms. The minimum atomic E-state index is -0.0912. The van der Waals surface area contributed by atoms with Gasteiger partial charge in [-0.3, -0.25) is 4.79 Å². The number of tetrazole rings is 2. The Kier molecular flexibility index (Phi) is 4.86. The van der Waals surface area contributed by atoms with Crippen LogP contribution in [0.4, 0.5) is 0 Å². The van der Waals surface area contributed by atoms with E-state index in [1.807, 2.05) is 24.3 Å². The second-order valence-corrected chi connectivity index (χ2v) is 6.85. The van der Waals surface area contributed by atoms with E-state index in [0.717, 1.165) is 30.5 Å². The highest BCUT2D eigenvalue weighted by Gasteiger charge is 2.23. The van der Waals surface area contributed by atoms with E-state index in [9.17, 15) is 4.79 Å². The lowest BCUT2D eigenvalue weighted by molar-refractivity contribution is -0.123. The molecule has 3 aromatic rings. The first-order valence-corrected chi connectivity index (χ1v) is 9.10. The maximum atomic E-state index is 12.4. The third-order valence-corrected chi connectivity index (χ3v) is 4.94. The molecule has 2 aromatic heterocycles. The normalized spacial score (nSPS) is 19.7. The molecule has 1 N–H and O–H groups in total. The average Bonchev–Trinajstić information content (AvgIpc) is 3.36. The highest BCUT2D eigenvalue weighted by atomic mass is 16.2. The summed E-state index contributed by atoms with van der Waals surface area (Å²) in [7, 11) is 0. The summed E-state index contributed by atoms with van der Waals surface area (Å²) in [4.78, 5) is 13.7. The molecule has 0 saturated heterocycles. The van der Waals surface area contributed by atoms with E-state index in [4.69, 9.17) is 0 Å². The predicted octanol–water partition coefficient (Wildman–Crippen LogP) is 1.01. The summed E-state index contributed by atoms with van der Waals surface area (Å²) in [5.74, 6) is 0.830. The van der Waals surface area contributed by atoms with Crippen LogP contribution in [0.1, 0.15) is 32.6 Å². The van der Waals surface area contributed by atoms with E-state index < -0.39 is 0 Å². The molecule has 10 nitrogen and oxygen atoms in total. The van der Waals surface area contributed by atoms with Crippen LogP contribution in [0.25, 0.3) is 17.1 Å². The average molecular weight is 367 g/mol. The zero-order valence-corrected chi connectivity index (χ0v) is 15.1. The van der Waals surface area contributed by atoms with Gasteiger partial charge in [-0.2, -0.15) is 9.48 Å². The number of para-hydroxylation sites is 1. The minimum Gasteiger partial charge on any atom is -0.351 e. The van der Waals surface area contributed by atoms with Crippen LogP contribution in [0.3, 0.4) is 0 Å². The first kappa shape index (κ1) is 17.3. The number of nitrogens with one attached hydrogen (secondary N) is 1. The zero-order valence-electron chi connectivity index (χ0n) is 15.1. The third-order valence-electron chi connectivity index (χ3n) is 4.94. The molecule has 27 heavy (non-hydrogen) atoms. The summed E-state index contributed by atoms with van der Waals surface area (Å²) in [6.07, 6.45) is 6.09. The fraction of sp³-hybridized carbons (Fsp3) is 0.471. The Morgan fingerprint density at radius 3 is 2.89 bits per heavy atom. The molecule has 1 aliphatic rings. The first-order chi connectivity index (χ1) is 13.2. The zero-order chi connectivity index (χ0) is 18.6. The van der Waals surface area contributed by atoms with Gasteiger partial charge in [-0.1, -0.05) is 31.9 Å². The van der Waals surface area contributed by atoms with Crippen LogP contribution in [0.2, 0.25) is 0 Å². The highest BCUT2D eigenvalue weighted by Crippen LogP contribution is 2.24. The number of aromatic nitrogens is 8. The lowest BCUT2D eigenvalue weighted by Crippen LogP contribution is -2.42. The molecule has 0 spiro atoms. The smallest absolute Gasteiger partial charge is 0.243 e. The number of rotatable bonds is 5. The van der Waals surface area contributed by atoms with E-state index in [2.05, 4.69) is 43.2 Å². The largest absolute Gasteiger partial charge is 0.351 e. The summed E-state index contributed by atoms with van der Waals surface area (Å²) in [5.41, 5.74) is 1.47. The van der Waals surface area contributed by atoms with Crippen molar-refractivity contribution >= 4 is 5.91 Å². The highest BCUT2D eigenvalue weighted by molar-refractivity contribution is 5.76. The van der Waals surface area contributed by atoms with Crippen LogP contribution in [0, 0.1) is 5.92 Å². The molecule has 1 amide bonds. The number of carbonyl (C=O) groups excluding carboxylic acids is 1. The standard InChI is InChI=1S/C17H21N9O/c1-12-6-2-4-8-14(12)19-16(27)10-26-21-17(20-23-26)13-7-3-5-9-15(13)25-11-18-22-24-25/h3,5,7,9,11-12,14H,2,4,6,8,10H2,1H3,(H,19,27)/t12-,14+/m1/s1. The summed E-state index contributed by atoms with van der Waals surface area (Å²) in [5, 5.41) is 26.8. The Balaban J connectivity index is 1.47. The van der Waals surface area contributed by atoms with Crippen molar-refractivity contribution in [3.8, 4) is 17.1 Å². The van der Waals surface area contributed by atoms with Gasteiger partial charge in [0.15, 0.2) is 0 Å². The summed E-state index contributed by atoms with van der Waals surface area (Å²) >= 11 is 0. The molecular formula is C17H21N9O. The van der Waals surface area contributed by atoms with Crippen molar-refractivity contribution in [3.63, 3.8) is 0 Å². The van der Waals surface area contributed by atoms with E-state index in [1.54, 1.807) is 0 Å². The van der Waals surface area contributed by atoms with Crippen LogP contribution in [0.5, 0.6) is 0 Å². The molecule has 0 unspecified atom stereocenters. The summed E-state index contributed by atoms with van der Waals surface area (Å²) < 4.78 is 1.53. The fourth-order valence-corrected chi connectivity index (χ4v) is 3.46. The molecule has 2 heterocycles. The molecule has 1 fully saturated rings. The van der Waals surface area contributed by atoms with Gasteiger partial charge in [0, 0.05) is 11.6 Å². The number of benzene rings is 1. The van der Waals surface area contributed by atoms with Gasteiger partial charge < -0.3 is 5.32 Å². The number of nitrogens with zero attached hydrogens (tertiary/aromatic N) is 8. The van der Waals surface area contributed by atoms with Crippen LogP contribution < -0.4 is 5.32 Å². The molecule has 0 aliphatic heterocycles. The van der Waals surface area contributed by atoms with Crippen molar-refractivity contribution in [2.45, 2.75) is 45.2 Å². The Morgan fingerprint density at radius 2 is 2.07 bits per heavy atom. The Hall–Kier alpha value is -3.17. The van der Waals surface area contributed by atoms with Crippen molar-refractivity contribution < 1.29 is 4.79 Å². The molecule has 1 saturated carbocycles. The molecular weight excluding hydrogens is 346 g/mol. The minimum absolute atomic E-state index is 0.0449. The SMILES string of the molecule is C[C@@H]1CCCC[C@@H]1NC(=O)Cn1nnc(-c2ccccc2-n2cnnn2)n1. The number of carbonyl (C=O) groups is 1. The van der Waals surface area contributed by atoms with Gasteiger partial charge in [-0.15, -0.1) is 15.3 Å². The van der Waals surface area contributed by atoms with Gasteiger partial charge >= 0.3 is 0 Å². The molecule has 0 radical (unpaired) electrons. The van der Waals surface area contributed by atoms with Gasteiger partial charge in [0.05, 0.1) is 5.69 Å². The van der Waals surface area contributed by atoms with E-state index in [1.165, 1.54) is 22.2 Å². The van der Waals surface area contributed by atoms with Gasteiger partial charge in [0.1, 0.15) is 12.9 Å². The molecule has 1 aliphatic carbocycles. The van der Waals surface area contributed by atoms with Crippen molar-refractivity contribution in [1.82, 2.24) is 45.7 Å². The quantitative estimate of drug-likeness (QED) is 0.715. The van der Waals surface area contributed by atoms with Crippen LogP contribution in [-0.4, -0.2) is 52.4 Å². The lowest BCUT2D eigenvalue weighted by atomic mass is 9.86. The molecule has 140 valence electrons. The third kappa shape index (κ3) is 3.83. The lowest BCUT2D eigenvalue weighted by Gasteiger charge is -2.29. The van der Waals surface area contributed by atoms with E-state index >= 15 is 0 Å². The summed E-state index contributed by atoms with van der Waals surface area (Å²) in [6, 6.07) is 7.71. The Labute approximate surface area is 156 Å². The molecule has 4 rings (SSSR count). The van der Waals surface area contributed by atoms with Crippen LogP contribution >= 0.6 is 0 Å².